The van der Waals surface area contributed by atoms with Gasteiger partial charge in [-0.05, 0) is 18.2 Å². The van der Waals surface area contributed by atoms with Crippen LogP contribution < -0.4 is 10.6 Å². The molecule has 1 aromatic carbocycles. The zero-order valence-electron chi connectivity index (χ0n) is 10.5. The van der Waals surface area contributed by atoms with E-state index in [2.05, 4.69) is 10.6 Å². The van der Waals surface area contributed by atoms with E-state index in [1.165, 1.54) is 0 Å². The van der Waals surface area contributed by atoms with Gasteiger partial charge in [0, 0.05) is 36.8 Å². The Bertz CT molecular complexity index is 473. The maximum Gasteiger partial charge on any atom is 0.251 e. The van der Waals surface area contributed by atoms with Gasteiger partial charge in [-0.25, -0.2) is 0 Å². The van der Waals surface area contributed by atoms with Crippen molar-refractivity contribution in [2.24, 2.45) is 0 Å². The summed E-state index contributed by atoms with van der Waals surface area (Å²) in [4.78, 5) is 25.4. The molecule has 5 nitrogen and oxygen atoms in total. The molecule has 0 aliphatic carbocycles. The van der Waals surface area contributed by atoms with Crippen molar-refractivity contribution in [2.75, 3.05) is 32.7 Å². The lowest BCUT2D eigenvalue weighted by atomic mass is 10.2. The fourth-order valence-electron chi connectivity index (χ4n) is 1.91. The number of hydrogen-bond donors (Lipinski definition) is 2. The Morgan fingerprint density at radius 1 is 1.32 bits per heavy atom. The molecule has 0 aromatic heterocycles. The molecule has 0 radical (unpaired) electrons. The smallest absolute Gasteiger partial charge is 0.251 e. The summed E-state index contributed by atoms with van der Waals surface area (Å²) in [7, 11) is 0. The highest BCUT2D eigenvalue weighted by Crippen LogP contribution is 2.10. The topological polar surface area (TPSA) is 61.4 Å². The number of carbonyl (C=O) groups is 2. The Morgan fingerprint density at radius 2 is 2.05 bits per heavy atom. The number of nitrogens with zero attached hydrogens (tertiary/aromatic N) is 1. The number of benzene rings is 1. The molecule has 19 heavy (non-hydrogen) atoms. The number of halogens is 1. The number of carbonyl (C=O) groups excluding carboxylic acids is 2. The second-order valence-corrected chi connectivity index (χ2v) is 4.76. The van der Waals surface area contributed by atoms with E-state index in [-0.39, 0.29) is 18.4 Å². The third-order valence-electron chi connectivity index (χ3n) is 2.96. The molecule has 0 spiro atoms. The SMILES string of the molecule is O=C(NCC(=O)N1CCNCC1)c1cccc(Cl)c1. The van der Waals surface area contributed by atoms with Gasteiger partial charge < -0.3 is 15.5 Å². The average Bonchev–Trinajstić information content (AvgIpc) is 2.45. The second kappa shape index (κ2) is 6.54. The van der Waals surface area contributed by atoms with Crippen molar-refractivity contribution in [3.05, 3.63) is 34.9 Å². The van der Waals surface area contributed by atoms with Crippen LogP contribution >= 0.6 is 11.6 Å². The molecule has 1 fully saturated rings. The summed E-state index contributed by atoms with van der Waals surface area (Å²) in [5.74, 6) is -0.345. The summed E-state index contributed by atoms with van der Waals surface area (Å²) < 4.78 is 0. The molecule has 1 aliphatic heterocycles. The van der Waals surface area contributed by atoms with Gasteiger partial charge in [0.1, 0.15) is 0 Å². The number of amides is 2. The van der Waals surface area contributed by atoms with Crippen molar-refractivity contribution >= 4 is 23.4 Å². The highest BCUT2D eigenvalue weighted by molar-refractivity contribution is 6.30. The minimum atomic E-state index is -0.286. The molecule has 0 bridgehead atoms. The minimum absolute atomic E-state index is 0.0192. The van der Waals surface area contributed by atoms with Crippen LogP contribution in [0.3, 0.4) is 0 Å². The van der Waals surface area contributed by atoms with Gasteiger partial charge in [0.25, 0.3) is 5.91 Å². The highest BCUT2D eigenvalue weighted by atomic mass is 35.5. The summed E-state index contributed by atoms with van der Waals surface area (Å²) in [6.07, 6.45) is 0. The summed E-state index contributed by atoms with van der Waals surface area (Å²) in [6.45, 7) is 2.99. The maximum atomic E-state index is 11.9. The van der Waals surface area contributed by atoms with Crippen molar-refractivity contribution in [3.63, 3.8) is 0 Å². The molecule has 2 rings (SSSR count). The Labute approximate surface area is 116 Å². The predicted molar refractivity (Wildman–Crippen MR) is 73.2 cm³/mol. The van der Waals surface area contributed by atoms with E-state index in [0.29, 0.717) is 23.7 Å². The molecular formula is C13H16ClN3O2. The van der Waals surface area contributed by atoms with Crippen LogP contribution in [0.15, 0.2) is 24.3 Å². The van der Waals surface area contributed by atoms with Crippen molar-refractivity contribution in [3.8, 4) is 0 Å². The zero-order chi connectivity index (χ0) is 13.7. The first-order valence-corrected chi connectivity index (χ1v) is 6.57. The van der Waals surface area contributed by atoms with Gasteiger partial charge in [0.15, 0.2) is 0 Å². The summed E-state index contributed by atoms with van der Waals surface area (Å²) in [6, 6.07) is 6.64. The monoisotopic (exact) mass is 281 g/mol. The molecule has 102 valence electrons. The third-order valence-corrected chi connectivity index (χ3v) is 3.19. The number of nitrogens with one attached hydrogen (secondary N) is 2. The van der Waals surface area contributed by atoms with Gasteiger partial charge in [-0.2, -0.15) is 0 Å². The van der Waals surface area contributed by atoms with Crippen molar-refractivity contribution in [2.45, 2.75) is 0 Å². The fourth-order valence-corrected chi connectivity index (χ4v) is 2.10. The van der Waals surface area contributed by atoms with Crippen LogP contribution in [0.1, 0.15) is 10.4 Å². The Balaban J connectivity index is 1.84. The molecule has 1 heterocycles. The lowest BCUT2D eigenvalue weighted by Gasteiger charge is -2.27. The molecule has 1 aromatic rings. The molecule has 2 N–H and O–H groups in total. The molecule has 0 saturated carbocycles. The summed E-state index contributed by atoms with van der Waals surface area (Å²) in [5.41, 5.74) is 0.459. The average molecular weight is 282 g/mol. The zero-order valence-corrected chi connectivity index (χ0v) is 11.2. The van der Waals surface area contributed by atoms with Crippen LogP contribution in [0.25, 0.3) is 0 Å². The van der Waals surface area contributed by atoms with Crippen LogP contribution in [-0.4, -0.2) is 49.4 Å². The van der Waals surface area contributed by atoms with Crippen molar-refractivity contribution < 1.29 is 9.59 Å². The van der Waals surface area contributed by atoms with Gasteiger partial charge in [-0.15, -0.1) is 0 Å². The minimum Gasteiger partial charge on any atom is -0.343 e. The van der Waals surface area contributed by atoms with Crippen molar-refractivity contribution in [1.82, 2.24) is 15.5 Å². The van der Waals surface area contributed by atoms with E-state index in [4.69, 9.17) is 11.6 Å². The second-order valence-electron chi connectivity index (χ2n) is 4.32. The Kier molecular flexibility index (Phi) is 4.76. The van der Waals surface area contributed by atoms with E-state index in [9.17, 15) is 9.59 Å². The molecule has 6 heteroatoms. The quantitative estimate of drug-likeness (QED) is 0.848. The van der Waals surface area contributed by atoms with Crippen LogP contribution in [0.2, 0.25) is 5.02 Å². The normalized spacial score (nSPS) is 15.1. The van der Waals surface area contributed by atoms with E-state index < -0.39 is 0 Å². The molecular weight excluding hydrogens is 266 g/mol. The molecule has 1 aliphatic rings. The summed E-state index contributed by atoms with van der Waals surface area (Å²) >= 11 is 5.81. The van der Waals surface area contributed by atoms with Gasteiger partial charge >= 0.3 is 0 Å². The van der Waals surface area contributed by atoms with Crippen LogP contribution in [0, 0.1) is 0 Å². The van der Waals surface area contributed by atoms with E-state index in [1.54, 1.807) is 29.2 Å². The first-order chi connectivity index (χ1) is 9.16. The fraction of sp³-hybridized carbons (Fsp3) is 0.385. The van der Waals surface area contributed by atoms with Crippen LogP contribution in [-0.2, 0) is 4.79 Å². The molecule has 2 amide bonds. The third kappa shape index (κ3) is 3.94. The molecule has 0 atom stereocenters. The lowest BCUT2D eigenvalue weighted by molar-refractivity contribution is -0.130. The van der Waals surface area contributed by atoms with Gasteiger partial charge in [-0.1, -0.05) is 17.7 Å². The number of hydrogen-bond acceptors (Lipinski definition) is 3. The lowest BCUT2D eigenvalue weighted by Crippen LogP contribution is -2.49. The molecule has 1 saturated heterocycles. The summed E-state index contributed by atoms with van der Waals surface area (Å²) in [5, 5.41) is 6.29. The predicted octanol–water partition coefficient (Wildman–Crippen LogP) is 0.502. The van der Waals surface area contributed by atoms with E-state index in [1.807, 2.05) is 0 Å². The van der Waals surface area contributed by atoms with Gasteiger partial charge in [0.05, 0.1) is 6.54 Å². The highest BCUT2D eigenvalue weighted by Gasteiger charge is 2.16. The van der Waals surface area contributed by atoms with E-state index >= 15 is 0 Å². The van der Waals surface area contributed by atoms with Crippen LogP contribution in [0.4, 0.5) is 0 Å². The Morgan fingerprint density at radius 3 is 2.74 bits per heavy atom. The largest absolute Gasteiger partial charge is 0.343 e. The van der Waals surface area contributed by atoms with E-state index in [0.717, 1.165) is 13.1 Å². The maximum absolute atomic E-state index is 11.9. The molecule has 0 unspecified atom stereocenters. The number of rotatable bonds is 3. The van der Waals surface area contributed by atoms with Gasteiger partial charge in [-0.3, -0.25) is 9.59 Å². The van der Waals surface area contributed by atoms with Gasteiger partial charge in [0.2, 0.25) is 5.91 Å². The van der Waals surface area contributed by atoms with Crippen LogP contribution in [0.5, 0.6) is 0 Å². The number of piperazine rings is 1. The first-order valence-electron chi connectivity index (χ1n) is 6.19. The van der Waals surface area contributed by atoms with Crippen molar-refractivity contribution in [1.29, 1.82) is 0 Å². The standard InChI is InChI=1S/C13H16ClN3O2/c14-11-3-1-2-10(8-11)13(19)16-9-12(18)17-6-4-15-5-7-17/h1-3,8,15H,4-7,9H2,(H,16,19). The first kappa shape index (κ1) is 13.8. The Hall–Kier alpha value is -1.59.